The summed E-state index contributed by atoms with van der Waals surface area (Å²) in [4.78, 5) is 22.2. The van der Waals surface area contributed by atoms with Crippen molar-refractivity contribution in [2.75, 3.05) is 0 Å². The number of amides is 1. The van der Waals surface area contributed by atoms with Crippen LogP contribution < -0.4 is 11.5 Å². The van der Waals surface area contributed by atoms with Crippen LogP contribution in [0, 0.1) is 10.1 Å². The molecule has 0 aliphatic heterocycles. The van der Waals surface area contributed by atoms with Gasteiger partial charge in [0.1, 0.15) is 5.76 Å². The monoisotopic (exact) mass is 321 g/mol. The molecule has 1 atom stereocenters. The van der Waals surface area contributed by atoms with E-state index in [0.717, 1.165) is 5.76 Å². The van der Waals surface area contributed by atoms with Gasteiger partial charge in [-0.25, -0.2) is 0 Å². The number of benzene rings is 1. The second-order valence-electron chi connectivity index (χ2n) is 4.63. The summed E-state index contributed by atoms with van der Waals surface area (Å²) >= 11 is 1.30. The summed E-state index contributed by atoms with van der Waals surface area (Å²) in [6.07, 6.45) is 1.49. The van der Waals surface area contributed by atoms with E-state index in [1.807, 2.05) is 0 Å². The van der Waals surface area contributed by atoms with Gasteiger partial charge in [0.2, 0.25) is 5.91 Å². The van der Waals surface area contributed by atoms with Gasteiger partial charge in [-0.05, 0) is 23.8 Å². The first-order valence-corrected chi connectivity index (χ1v) is 7.43. The highest BCUT2D eigenvalue weighted by molar-refractivity contribution is 7.98. The first-order valence-electron chi connectivity index (χ1n) is 6.44. The van der Waals surface area contributed by atoms with Crippen molar-refractivity contribution >= 4 is 23.4 Å². The van der Waals surface area contributed by atoms with Crippen LogP contribution in [-0.2, 0) is 10.5 Å². The molecule has 0 spiro atoms. The van der Waals surface area contributed by atoms with Crippen LogP contribution in [0.3, 0.4) is 0 Å². The fourth-order valence-electron chi connectivity index (χ4n) is 1.91. The van der Waals surface area contributed by atoms with Gasteiger partial charge in [-0.3, -0.25) is 14.9 Å². The number of nitrogens with two attached hydrogens (primary N) is 2. The zero-order valence-corrected chi connectivity index (χ0v) is 12.4. The number of rotatable bonds is 7. The fraction of sp³-hybridized carbons (Fsp3) is 0.214. The smallest absolute Gasteiger partial charge is 0.283 e. The van der Waals surface area contributed by atoms with Crippen molar-refractivity contribution in [2.24, 2.45) is 11.5 Å². The van der Waals surface area contributed by atoms with Gasteiger partial charge in [-0.2, -0.15) is 0 Å². The maximum atomic E-state index is 11.2. The zero-order chi connectivity index (χ0) is 16.1. The second-order valence-corrected chi connectivity index (χ2v) is 5.65. The summed E-state index contributed by atoms with van der Waals surface area (Å²) < 4.78 is 5.20. The number of nitro benzene ring substituents is 1. The summed E-state index contributed by atoms with van der Waals surface area (Å²) in [5.41, 5.74) is 11.4. The summed E-state index contributed by atoms with van der Waals surface area (Å²) in [6.45, 7) is 0. The average molecular weight is 321 g/mol. The molecule has 8 heteroatoms. The summed E-state index contributed by atoms with van der Waals surface area (Å²) in [7, 11) is 0. The fourth-order valence-corrected chi connectivity index (χ4v) is 2.82. The molecule has 0 aliphatic carbocycles. The third kappa shape index (κ3) is 4.09. The number of hydrogen-bond acceptors (Lipinski definition) is 6. The van der Waals surface area contributed by atoms with Crippen LogP contribution in [0.15, 0.2) is 45.9 Å². The van der Waals surface area contributed by atoms with Gasteiger partial charge < -0.3 is 15.9 Å². The van der Waals surface area contributed by atoms with E-state index in [-0.39, 0.29) is 12.1 Å². The van der Waals surface area contributed by atoms with Crippen LogP contribution in [0.5, 0.6) is 0 Å². The van der Waals surface area contributed by atoms with Gasteiger partial charge >= 0.3 is 0 Å². The SMILES string of the molecule is NC(=O)CC(N)c1ccc(SCc2ccco2)c([N+](=O)[O-])c1. The predicted molar refractivity (Wildman–Crippen MR) is 82.1 cm³/mol. The van der Waals surface area contributed by atoms with E-state index in [4.69, 9.17) is 15.9 Å². The molecule has 7 nitrogen and oxygen atoms in total. The highest BCUT2D eigenvalue weighted by Gasteiger charge is 2.19. The Labute approximate surface area is 130 Å². The van der Waals surface area contributed by atoms with Crippen molar-refractivity contribution in [1.82, 2.24) is 0 Å². The standard InChI is InChI=1S/C14H15N3O4S/c15-11(7-14(16)18)9-3-4-13(12(6-9)17(19)20)22-8-10-2-1-5-21-10/h1-6,11H,7-8,15H2,(H2,16,18). The minimum absolute atomic E-state index is 0.0472. The second kappa shape index (κ2) is 7.10. The Balaban J connectivity index is 2.19. The molecule has 22 heavy (non-hydrogen) atoms. The zero-order valence-electron chi connectivity index (χ0n) is 11.6. The van der Waals surface area contributed by atoms with Crippen molar-refractivity contribution in [3.05, 3.63) is 58.0 Å². The maximum Gasteiger partial charge on any atom is 0.283 e. The van der Waals surface area contributed by atoms with Crippen molar-refractivity contribution in [3.63, 3.8) is 0 Å². The number of hydrogen-bond donors (Lipinski definition) is 2. The Morgan fingerprint density at radius 3 is 2.77 bits per heavy atom. The molecule has 116 valence electrons. The van der Waals surface area contributed by atoms with Crippen molar-refractivity contribution in [3.8, 4) is 0 Å². The van der Waals surface area contributed by atoms with Gasteiger partial charge in [-0.15, -0.1) is 11.8 Å². The predicted octanol–water partition coefficient (Wildman–Crippen LogP) is 2.36. The van der Waals surface area contributed by atoms with E-state index in [1.54, 1.807) is 30.5 Å². The highest BCUT2D eigenvalue weighted by atomic mass is 32.2. The molecule has 0 saturated heterocycles. The van der Waals surface area contributed by atoms with Crippen molar-refractivity contribution < 1.29 is 14.1 Å². The maximum absolute atomic E-state index is 11.2. The molecule has 1 unspecified atom stereocenters. The van der Waals surface area contributed by atoms with Crippen LogP contribution in [0.4, 0.5) is 5.69 Å². The topological polar surface area (TPSA) is 125 Å². The molecule has 1 aromatic heterocycles. The van der Waals surface area contributed by atoms with Crippen LogP contribution >= 0.6 is 11.8 Å². The number of carbonyl (C=O) groups excluding carboxylic acids is 1. The number of furan rings is 1. The van der Waals surface area contributed by atoms with Crippen LogP contribution in [0.25, 0.3) is 0 Å². The molecule has 4 N–H and O–H groups in total. The molecule has 0 aliphatic rings. The summed E-state index contributed by atoms with van der Waals surface area (Å²) in [5.74, 6) is 0.667. The van der Waals surface area contributed by atoms with Gasteiger partial charge in [0.05, 0.1) is 21.8 Å². The largest absolute Gasteiger partial charge is 0.468 e. The van der Waals surface area contributed by atoms with E-state index in [0.29, 0.717) is 16.2 Å². The van der Waals surface area contributed by atoms with Gasteiger partial charge in [0.15, 0.2) is 0 Å². The number of thioether (sulfide) groups is 1. The molecule has 0 bridgehead atoms. The van der Waals surface area contributed by atoms with E-state index in [1.165, 1.54) is 17.8 Å². The first kappa shape index (κ1) is 16.1. The molecule has 0 saturated carbocycles. The van der Waals surface area contributed by atoms with Gasteiger partial charge in [-0.1, -0.05) is 6.07 Å². The minimum Gasteiger partial charge on any atom is -0.468 e. The number of primary amides is 1. The lowest BCUT2D eigenvalue weighted by Gasteiger charge is -2.11. The van der Waals surface area contributed by atoms with Crippen molar-refractivity contribution in [2.45, 2.75) is 23.1 Å². The molecular weight excluding hydrogens is 306 g/mol. The lowest BCUT2D eigenvalue weighted by molar-refractivity contribution is -0.387. The Morgan fingerprint density at radius 1 is 1.41 bits per heavy atom. The first-order chi connectivity index (χ1) is 10.5. The van der Waals surface area contributed by atoms with Crippen LogP contribution in [-0.4, -0.2) is 10.8 Å². The molecule has 1 aromatic carbocycles. The quantitative estimate of drug-likeness (QED) is 0.458. The number of nitro groups is 1. The minimum atomic E-state index is -0.652. The molecule has 0 radical (unpaired) electrons. The lowest BCUT2D eigenvalue weighted by Crippen LogP contribution is -2.20. The summed E-state index contributed by atoms with van der Waals surface area (Å²) in [6, 6.07) is 7.59. The molecule has 2 rings (SSSR count). The van der Waals surface area contributed by atoms with E-state index >= 15 is 0 Å². The van der Waals surface area contributed by atoms with Crippen LogP contribution in [0.2, 0.25) is 0 Å². The lowest BCUT2D eigenvalue weighted by atomic mass is 10.0. The van der Waals surface area contributed by atoms with Gasteiger partial charge in [0.25, 0.3) is 5.69 Å². The normalized spacial score (nSPS) is 12.0. The third-order valence-electron chi connectivity index (χ3n) is 2.98. The van der Waals surface area contributed by atoms with Crippen LogP contribution in [0.1, 0.15) is 23.8 Å². The van der Waals surface area contributed by atoms with E-state index in [9.17, 15) is 14.9 Å². The molecule has 2 aromatic rings. The third-order valence-corrected chi connectivity index (χ3v) is 4.06. The average Bonchev–Trinajstić information content (AvgIpc) is 2.97. The molecule has 1 amide bonds. The van der Waals surface area contributed by atoms with E-state index in [2.05, 4.69) is 0 Å². The van der Waals surface area contributed by atoms with E-state index < -0.39 is 16.9 Å². The number of carbonyl (C=O) groups is 1. The Bertz CT molecular complexity index is 673. The summed E-state index contributed by atoms with van der Waals surface area (Å²) in [5, 5.41) is 11.2. The van der Waals surface area contributed by atoms with Crippen molar-refractivity contribution in [1.29, 1.82) is 0 Å². The Hall–Kier alpha value is -2.32. The molecule has 0 fully saturated rings. The van der Waals surface area contributed by atoms with Gasteiger partial charge in [0, 0.05) is 18.5 Å². The highest BCUT2D eigenvalue weighted by Crippen LogP contribution is 2.33. The number of nitrogens with zero attached hydrogens (tertiary/aromatic N) is 1. The Morgan fingerprint density at radius 2 is 2.18 bits per heavy atom. The Kier molecular flexibility index (Phi) is 5.18. The molecule has 1 heterocycles. The molecular formula is C14H15N3O4S.